The SMILES string of the molecule is COc1ncc(Br)cc1CBr. The molecule has 2 nitrogen and oxygen atoms in total. The van der Waals surface area contributed by atoms with Crippen molar-refractivity contribution in [2.45, 2.75) is 5.33 Å². The van der Waals surface area contributed by atoms with Crippen molar-refractivity contribution in [3.8, 4) is 5.88 Å². The van der Waals surface area contributed by atoms with Gasteiger partial charge in [0.2, 0.25) is 5.88 Å². The van der Waals surface area contributed by atoms with Gasteiger partial charge in [-0.3, -0.25) is 0 Å². The first-order valence-corrected chi connectivity index (χ1v) is 4.93. The molecule has 0 radical (unpaired) electrons. The zero-order valence-corrected chi connectivity index (χ0v) is 9.15. The summed E-state index contributed by atoms with van der Waals surface area (Å²) >= 11 is 6.67. The molecule has 1 heterocycles. The Morgan fingerprint density at radius 3 is 2.91 bits per heavy atom. The van der Waals surface area contributed by atoms with Gasteiger partial charge in [0.15, 0.2) is 0 Å². The molecule has 0 aromatic carbocycles. The summed E-state index contributed by atoms with van der Waals surface area (Å²) in [5.41, 5.74) is 1.04. The quantitative estimate of drug-likeness (QED) is 0.777. The smallest absolute Gasteiger partial charge is 0.217 e. The van der Waals surface area contributed by atoms with Crippen LogP contribution < -0.4 is 4.74 Å². The highest BCUT2D eigenvalue weighted by Crippen LogP contribution is 2.21. The van der Waals surface area contributed by atoms with Crippen LogP contribution in [0.3, 0.4) is 0 Å². The summed E-state index contributed by atoms with van der Waals surface area (Å²) < 4.78 is 5.99. The maximum absolute atomic E-state index is 5.03. The van der Waals surface area contributed by atoms with Crippen LogP contribution in [0.5, 0.6) is 5.88 Å². The first-order valence-electron chi connectivity index (χ1n) is 3.02. The van der Waals surface area contributed by atoms with Gasteiger partial charge in [0.05, 0.1) is 7.11 Å². The molecule has 0 unspecified atom stereocenters. The lowest BCUT2D eigenvalue weighted by Crippen LogP contribution is -1.92. The predicted molar refractivity (Wildman–Crippen MR) is 51.1 cm³/mol. The van der Waals surface area contributed by atoms with Gasteiger partial charge in [-0.1, -0.05) is 15.9 Å². The minimum atomic E-state index is 0.671. The van der Waals surface area contributed by atoms with Crippen LogP contribution in [0.2, 0.25) is 0 Å². The standard InChI is InChI=1S/C7H7Br2NO/c1-11-7-5(3-8)2-6(9)4-10-7/h2,4H,3H2,1H3. The molecule has 0 saturated heterocycles. The summed E-state index contributed by atoms with van der Waals surface area (Å²) in [5.74, 6) is 0.671. The lowest BCUT2D eigenvalue weighted by Gasteiger charge is -2.03. The lowest BCUT2D eigenvalue weighted by molar-refractivity contribution is 0.394. The number of alkyl halides is 1. The van der Waals surface area contributed by atoms with Gasteiger partial charge in [-0.15, -0.1) is 0 Å². The Morgan fingerprint density at radius 1 is 1.64 bits per heavy atom. The Bertz CT molecular complexity index is 252. The van der Waals surface area contributed by atoms with E-state index in [1.807, 2.05) is 6.07 Å². The van der Waals surface area contributed by atoms with Crippen molar-refractivity contribution in [1.82, 2.24) is 4.98 Å². The number of aromatic nitrogens is 1. The van der Waals surface area contributed by atoms with E-state index in [9.17, 15) is 0 Å². The number of hydrogen-bond donors (Lipinski definition) is 0. The summed E-state index contributed by atoms with van der Waals surface area (Å²) in [6.07, 6.45) is 1.71. The van der Waals surface area contributed by atoms with Gasteiger partial charge in [-0.2, -0.15) is 0 Å². The Hall–Kier alpha value is -0.0900. The third kappa shape index (κ3) is 2.17. The van der Waals surface area contributed by atoms with E-state index < -0.39 is 0 Å². The summed E-state index contributed by atoms with van der Waals surface area (Å²) in [4.78, 5) is 4.07. The summed E-state index contributed by atoms with van der Waals surface area (Å²) in [6.45, 7) is 0. The number of methoxy groups -OCH3 is 1. The lowest BCUT2D eigenvalue weighted by atomic mass is 10.3. The van der Waals surface area contributed by atoms with Gasteiger partial charge in [0.1, 0.15) is 0 Å². The molecule has 0 aliphatic rings. The number of ether oxygens (including phenoxy) is 1. The van der Waals surface area contributed by atoms with E-state index in [1.54, 1.807) is 13.3 Å². The summed E-state index contributed by atoms with van der Waals surface area (Å²) in [6, 6.07) is 1.97. The molecule has 0 amide bonds. The molecular weight excluding hydrogens is 274 g/mol. The number of pyridine rings is 1. The molecule has 0 aliphatic heterocycles. The fraction of sp³-hybridized carbons (Fsp3) is 0.286. The Kier molecular flexibility index (Phi) is 3.33. The topological polar surface area (TPSA) is 22.1 Å². The van der Waals surface area contributed by atoms with Gasteiger partial charge in [-0.25, -0.2) is 4.98 Å². The zero-order chi connectivity index (χ0) is 8.27. The third-order valence-corrected chi connectivity index (χ3v) is 2.27. The summed E-state index contributed by atoms with van der Waals surface area (Å²) in [5, 5.41) is 0.753. The van der Waals surface area contributed by atoms with Crippen molar-refractivity contribution in [2.75, 3.05) is 7.11 Å². The van der Waals surface area contributed by atoms with E-state index in [0.717, 1.165) is 15.4 Å². The van der Waals surface area contributed by atoms with Gasteiger partial charge >= 0.3 is 0 Å². The molecule has 0 N–H and O–H groups in total. The summed E-state index contributed by atoms with van der Waals surface area (Å²) in [7, 11) is 1.61. The van der Waals surface area contributed by atoms with E-state index >= 15 is 0 Å². The minimum Gasteiger partial charge on any atom is -0.481 e. The molecule has 0 saturated carbocycles. The van der Waals surface area contributed by atoms with Crippen LogP contribution in [0, 0.1) is 0 Å². The van der Waals surface area contributed by atoms with Gasteiger partial charge < -0.3 is 4.74 Å². The molecule has 1 aromatic heterocycles. The molecule has 11 heavy (non-hydrogen) atoms. The van der Waals surface area contributed by atoms with E-state index in [4.69, 9.17) is 4.74 Å². The minimum absolute atomic E-state index is 0.671. The van der Waals surface area contributed by atoms with Crippen LogP contribution in [-0.4, -0.2) is 12.1 Å². The monoisotopic (exact) mass is 279 g/mol. The zero-order valence-electron chi connectivity index (χ0n) is 5.97. The van der Waals surface area contributed by atoms with Crippen molar-refractivity contribution in [3.63, 3.8) is 0 Å². The van der Waals surface area contributed by atoms with Gasteiger partial charge in [-0.05, 0) is 22.0 Å². The molecular formula is C7H7Br2NO. The van der Waals surface area contributed by atoms with Crippen LogP contribution in [0.15, 0.2) is 16.7 Å². The maximum atomic E-state index is 5.03. The van der Waals surface area contributed by atoms with Crippen molar-refractivity contribution in [2.24, 2.45) is 0 Å². The van der Waals surface area contributed by atoms with Crippen molar-refractivity contribution in [1.29, 1.82) is 0 Å². The average Bonchev–Trinajstić information content (AvgIpc) is 2.04. The van der Waals surface area contributed by atoms with Crippen molar-refractivity contribution >= 4 is 31.9 Å². The fourth-order valence-electron chi connectivity index (χ4n) is 0.748. The highest BCUT2D eigenvalue weighted by atomic mass is 79.9. The van der Waals surface area contributed by atoms with Crippen LogP contribution in [-0.2, 0) is 5.33 Å². The Morgan fingerprint density at radius 2 is 2.36 bits per heavy atom. The van der Waals surface area contributed by atoms with Crippen LogP contribution >= 0.6 is 31.9 Å². The highest BCUT2D eigenvalue weighted by Gasteiger charge is 2.02. The average molecular weight is 281 g/mol. The molecule has 0 aliphatic carbocycles. The predicted octanol–water partition coefficient (Wildman–Crippen LogP) is 2.75. The van der Waals surface area contributed by atoms with Crippen molar-refractivity contribution in [3.05, 3.63) is 22.3 Å². The molecule has 1 rings (SSSR count). The molecule has 0 bridgehead atoms. The van der Waals surface area contributed by atoms with E-state index in [-0.39, 0.29) is 0 Å². The van der Waals surface area contributed by atoms with Crippen molar-refractivity contribution < 1.29 is 4.74 Å². The second-order valence-electron chi connectivity index (χ2n) is 1.96. The molecule has 0 fully saturated rings. The maximum Gasteiger partial charge on any atom is 0.217 e. The highest BCUT2D eigenvalue weighted by molar-refractivity contribution is 9.10. The van der Waals surface area contributed by atoms with Crippen LogP contribution in [0.25, 0.3) is 0 Å². The van der Waals surface area contributed by atoms with E-state index in [0.29, 0.717) is 5.88 Å². The Labute approximate surface area is 82.2 Å². The van der Waals surface area contributed by atoms with Crippen LogP contribution in [0.4, 0.5) is 0 Å². The number of halogens is 2. The largest absolute Gasteiger partial charge is 0.481 e. The first-order chi connectivity index (χ1) is 5.27. The second-order valence-corrected chi connectivity index (χ2v) is 3.43. The Balaban J connectivity index is 3.06. The number of hydrogen-bond acceptors (Lipinski definition) is 2. The molecule has 0 atom stereocenters. The molecule has 0 spiro atoms. The number of rotatable bonds is 2. The third-order valence-electron chi connectivity index (χ3n) is 1.23. The van der Waals surface area contributed by atoms with Gasteiger partial charge in [0.25, 0.3) is 0 Å². The normalized spacial score (nSPS) is 9.73. The first kappa shape index (κ1) is 9.00. The second kappa shape index (κ2) is 4.07. The molecule has 60 valence electrons. The van der Waals surface area contributed by atoms with E-state index in [1.165, 1.54) is 0 Å². The fourth-order valence-corrected chi connectivity index (χ4v) is 1.53. The van der Waals surface area contributed by atoms with Crippen LogP contribution in [0.1, 0.15) is 5.56 Å². The molecule has 1 aromatic rings. The molecule has 4 heteroatoms. The number of nitrogens with zero attached hydrogens (tertiary/aromatic N) is 1. The van der Waals surface area contributed by atoms with Gasteiger partial charge in [0, 0.05) is 21.6 Å². The van der Waals surface area contributed by atoms with E-state index in [2.05, 4.69) is 36.8 Å².